The molecule has 0 radical (unpaired) electrons. The third-order valence-corrected chi connectivity index (χ3v) is 4.08. The van der Waals surface area contributed by atoms with E-state index in [9.17, 15) is 5.11 Å². The average Bonchev–Trinajstić information content (AvgIpc) is 2.33. The zero-order valence-corrected chi connectivity index (χ0v) is 16.1. The van der Waals surface area contributed by atoms with Crippen LogP contribution >= 0.6 is 12.4 Å². The minimum atomic E-state index is -0.0927. The van der Waals surface area contributed by atoms with E-state index < -0.39 is 0 Å². The first kappa shape index (κ1) is 21.3. The van der Waals surface area contributed by atoms with Crippen molar-refractivity contribution in [3.63, 3.8) is 0 Å². The lowest BCUT2D eigenvalue weighted by molar-refractivity contribution is 0.429. The van der Waals surface area contributed by atoms with Gasteiger partial charge in [-0.1, -0.05) is 67.4 Å². The van der Waals surface area contributed by atoms with E-state index in [0.29, 0.717) is 5.75 Å². The first-order chi connectivity index (χ1) is 9.48. The second kappa shape index (κ2) is 7.70. The van der Waals surface area contributed by atoms with E-state index in [-0.39, 0.29) is 29.3 Å². The van der Waals surface area contributed by atoms with Gasteiger partial charge in [0.2, 0.25) is 0 Å². The molecule has 1 atom stereocenters. The van der Waals surface area contributed by atoms with Crippen LogP contribution in [0, 0.1) is 0 Å². The fourth-order valence-electron chi connectivity index (χ4n) is 2.52. The molecule has 22 heavy (non-hydrogen) atoms. The van der Waals surface area contributed by atoms with Gasteiger partial charge in [0.25, 0.3) is 0 Å². The molecule has 1 aromatic rings. The number of phenolic OH excluding ortho intramolecular Hbond substituents is 1. The second-order valence-electron chi connectivity index (χ2n) is 8.21. The van der Waals surface area contributed by atoms with Crippen LogP contribution in [0.4, 0.5) is 0 Å². The molecule has 0 fully saturated rings. The molecule has 128 valence electrons. The Kier molecular flexibility index (Phi) is 7.44. The third kappa shape index (κ3) is 5.17. The number of benzene rings is 1. The molecule has 0 spiro atoms. The molecule has 0 unspecified atom stereocenters. The van der Waals surface area contributed by atoms with Gasteiger partial charge in [-0.3, -0.25) is 0 Å². The van der Waals surface area contributed by atoms with Gasteiger partial charge in [-0.25, -0.2) is 0 Å². The summed E-state index contributed by atoms with van der Waals surface area (Å²) in [6.45, 7) is 15.2. The SMILES string of the molecule is CCCC[C@@H](N)c1cc(C(C)(C)C)cc(C(C)(C)C)c1O.Cl. The number of halogens is 1. The number of nitrogens with two attached hydrogens (primary N) is 1. The predicted octanol–water partition coefficient (Wildman–Crippen LogP) is 5.60. The van der Waals surface area contributed by atoms with Crippen molar-refractivity contribution in [3.05, 3.63) is 28.8 Å². The van der Waals surface area contributed by atoms with E-state index in [1.807, 2.05) is 0 Å². The summed E-state index contributed by atoms with van der Waals surface area (Å²) in [5.41, 5.74) is 9.45. The molecule has 0 saturated heterocycles. The molecule has 0 aliphatic carbocycles. The van der Waals surface area contributed by atoms with Crippen molar-refractivity contribution in [2.75, 3.05) is 0 Å². The maximum atomic E-state index is 10.7. The number of rotatable bonds is 4. The first-order valence-electron chi connectivity index (χ1n) is 8.12. The predicted molar refractivity (Wildman–Crippen MR) is 99.2 cm³/mol. The molecule has 0 amide bonds. The maximum Gasteiger partial charge on any atom is 0.124 e. The molecular formula is C19H34ClNO. The van der Waals surface area contributed by atoms with E-state index in [4.69, 9.17) is 5.73 Å². The zero-order valence-electron chi connectivity index (χ0n) is 15.3. The average molecular weight is 328 g/mol. The van der Waals surface area contributed by atoms with Crippen LogP contribution in [0.5, 0.6) is 5.75 Å². The van der Waals surface area contributed by atoms with Crippen LogP contribution in [0.25, 0.3) is 0 Å². The fourth-order valence-corrected chi connectivity index (χ4v) is 2.52. The second-order valence-corrected chi connectivity index (χ2v) is 8.21. The summed E-state index contributed by atoms with van der Waals surface area (Å²) in [6.07, 6.45) is 3.13. The van der Waals surface area contributed by atoms with Gasteiger partial charge in [0.1, 0.15) is 5.75 Å². The zero-order chi connectivity index (χ0) is 16.4. The van der Waals surface area contributed by atoms with Crippen LogP contribution in [-0.2, 0) is 10.8 Å². The Morgan fingerprint density at radius 3 is 2.00 bits per heavy atom. The quantitative estimate of drug-likeness (QED) is 0.756. The molecule has 0 aromatic heterocycles. The van der Waals surface area contributed by atoms with Gasteiger partial charge >= 0.3 is 0 Å². The summed E-state index contributed by atoms with van der Waals surface area (Å²) >= 11 is 0. The van der Waals surface area contributed by atoms with Crippen molar-refractivity contribution < 1.29 is 5.11 Å². The highest BCUT2D eigenvalue weighted by Crippen LogP contribution is 2.40. The van der Waals surface area contributed by atoms with E-state index in [1.54, 1.807) is 0 Å². The highest BCUT2D eigenvalue weighted by Gasteiger charge is 2.26. The van der Waals surface area contributed by atoms with Gasteiger partial charge in [0.05, 0.1) is 0 Å². The maximum absolute atomic E-state index is 10.7. The van der Waals surface area contributed by atoms with Gasteiger partial charge in [0.15, 0.2) is 0 Å². The smallest absolute Gasteiger partial charge is 0.124 e. The van der Waals surface area contributed by atoms with Crippen molar-refractivity contribution in [1.29, 1.82) is 0 Å². The van der Waals surface area contributed by atoms with Crippen LogP contribution in [0.15, 0.2) is 12.1 Å². The highest BCUT2D eigenvalue weighted by molar-refractivity contribution is 5.85. The van der Waals surface area contributed by atoms with E-state index >= 15 is 0 Å². The van der Waals surface area contributed by atoms with Crippen molar-refractivity contribution in [1.82, 2.24) is 0 Å². The van der Waals surface area contributed by atoms with Gasteiger partial charge in [0, 0.05) is 11.6 Å². The first-order valence-corrected chi connectivity index (χ1v) is 8.12. The molecule has 1 aromatic carbocycles. The summed E-state index contributed by atoms with van der Waals surface area (Å²) in [7, 11) is 0. The summed E-state index contributed by atoms with van der Waals surface area (Å²) in [5, 5.41) is 10.7. The molecule has 0 aliphatic rings. The van der Waals surface area contributed by atoms with Crippen LogP contribution in [0.1, 0.15) is 90.5 Å². The van der Waals surface area contributed by atoms with E-state index in [0.717, 1.165) is 30.4 Å². The Morgan fingerprint density at radius 1 is 1.05 bits per heavy atom. The standard InChI is InChI=1S/C19H33NO.ClH/c1-8-9-10-16(20)14-11-13(18(2,3)4)12-15(17(14)21)19(5,6)7;/h11-12,16,21H,8-10,20H2,1-7H3;1H/t16-;/m1./s1. The van der Waals surface area contributed by atoms with Crippen LogP contribution in [0.3, 0.4) is 0 Å². The molecule has 1 rings (SSSR count). The van der Waals surface area contributed by atoms with Gasteiger partial charge < -0.3 is 10.8 Å². The molecule has 0 heterocycles. The topological polar surface area (TPSA) is 46.2 Å². The molecule has 3 N–H and O–H groups in total. The molecule has 0 aliphatic heterocycles. The van der Waals surface area contributed by atoms with Crippen LogP contribution < -0.4 is 5.73 Å². The largest absolute Gasteiger partial charge is 0.507 e. The Morgan fingerprint density at radius 2 is 1.59 bits per heavy atom. The molecule has 2 nitrogen and oxygen atoms in total. The van der Waals surface area contributed by atoms with Crippen LogP contribution in [0.2, 0.25) is 0 Å². The minimum Gasteiger partial charge on any atom is -0.507 e. The highest BCUT2D eigenvalue weighted by atomic mass is 35.5. The Labute approximate surface area is 142 Å². The minimum absolute atomic E-state index is 0. The normalized spacial score (nSPS) is 13.6. The molecular weight excluding hydrogens is 294 g/mol. The van der Waals surface area contributed by atoms with Crippen LogP contribution in [-0.4, -0.2) is 5.11 Å². The Balaban J connectivity index is 0.00000441. The molecule has 0 bridgehead atoms. The summed E-state index contributed by atoms with van der Waals surface area (Å²) in [5.74, 6) is 0.388. The van der Waals surface area contributed by atoms with E-state index in [1.165, 1.54) is 5.56 Å². The summed E-state index contributed by atoms with van der Waals surface area (Å²) < 4.78 is 0. The van der Waals surface area contributed by atoms with Crippen molar-refractivity contribution >= 4 is 12.4 Å². The Bertz CT molecular complexity index is 483. The Hall–Kier alpha value is -0.730. The number of phenols is 1. The number of aromatic hydroxyl groups is 1. The fraction of sp³-hybridized carbons (Fsp3) is 0.684. The number of unbranched alkanes of at least 4 members (excludes halogenated alkanes) is 1. The molecule has 0 saturated carbocycles. The third-order valence-electron chi connectivity index (χ3n) is 4.08. The van der Waals surface area contributed by atoms with E-state index in [2.05, 4.69) is 60.6 Å². The summed E-state index contributed by atoms with van der Waals surface area (Å²) in [6, 6.07) is 4.16. The van der Waals surface area contributed by atoms with Gasteiger partial charge in [-0.15, -0.1) is 12.4 Å². The lowest BCUT2D eigenvalue weighted by atomic mass is 9.78. The molecule has 3 heteroatoms. The van der Waals surface area contributed by atoms with Gasteiger partial charge in [-0.2, -0.15) is 0 Å². The monoisotopic (exact) mass is 327 g/mol. The number of hydrogen-bond acceptors (Lipinski definition) is 2. The van der Waals surface area contributed by atoms with Crippen molar-refractivity contribution in [3.8, 4) is 5.75 Å². The van der Waals surface area contributed by atoms with Crippen molar-refractivity contribution in [2.45, 2.75) is 84.6 Å². The summed E-state index contributed by atoms with van der Waals surface area (Å²) in [4.78, 5) is 0. The van der Waals surface area contributed by atoms with Crippen molar-refractivity contribution in [2.24, 2.45) is 5.73 Å². The van der Waals surface area contributed by atoms with Gasteiger partial charge in [-0.05, 0) is 34.4 Å². The lowest BCUT2D eigenvalue weighted by Gasteiger charge is -2.29. The lowest BCUT2D eigenvalue weighted by Crippen LogP contribution is -2.20. The number of hydrogen-bond donors (Lipinski definition) is 2.